The molecule has 1 fully saturated rings. The summed E-state index contributed by atoms with van der Waals surface area (Å²) in [7, 11) is -3.25. The van der Waals surface area contributed by atoms with E-state index in [-0.39, 0.29) is 24.9 Å². The van der Waals surface area contributed by atoms with Crippen LogP contribution in [0.15, 0.2) is 24.3 Å². The summed E-state index contributed by atoms with van der Waals surface area (Å²) < 4.78 is 24.6. The Balaban J connectivity index is 1.90. The van der Waals surface area contributed by atoms with Crippen LogP contribution in [0.3, 0.4) is 0 Å². The first-order valence-corrected chi connectivity index (χ1v) is 8.62. The number of hydrogen-bond acceptors (Lipinski definition) is 3. The molecule has 0 aliphatic heterocycles. The number of halogens is 1. The van der Waals surface area contributed by atoms with Gasteiger partial charge in [0.2, 0.25) is 15.9 Å². The van der Waals surface area contributed by atoms with Gasteiger partial charge < -0.3 is 5.32 Å². The highest BCUT2D eigenvalue weighted by Gasteiger charge is 2.34. The molecule has 0 unspecified atom stereocenters. The smallest absolute Gasteiger partial charge is 0.225 e. The number of carbonyl (C=O) groups is 1. The highest BCUT2D eigenvalue weighted by Crippen LogP contribution is 2.29. The average Bonchev–Trinajstić information content (AvgIpc) is 3.15. The molecule has 0 saturated heterocycles. The number of sulfonamides is 1. The first kappa shape index (κ1) is 15.3. The minimum atomic E-state index is -3.25. The van der Waals surface area contributed by atoms with Crippen LogP contribution in [-0.4, -0.2) is 37.5 Å². The number of nitrogens with zero attached hydrogens (tertiary/aromatic N) is 1. The molecule has 1 aliphatic carbocycles. The minimum Gasteiger partial charge on any atom is -0.325 e. The van der Waals surface area contributed by atoms with Gasteiger partial charge in [-0.2, -0.15) is 4.31 Å². The predicted octanol–water partition coefficient (Wildman–Crippen LogP) is 2.09. The summed E-state index contributed by atoms with van der Waals surface area (Å²) in [4.78, 5) is 11.8. The fourth-order valence-corrected chi connectivity index (χ4v) is 3.33. The summed E-state index contributed by atoms with van der Waals surface area (Å²) in [5, 5.41) is 3.15. The van der Waals surface area contributed by atoms with Crippen molar-refractivity contribution in [1.29, 1.82) is 0 Å². The summed E-state index contributed by atoms with van der Waals surface area (Å²) in [6, 6.07) is 7.00. The standard InChI is InChI=1S/C13H17ClN2O3S/c1-20(18,19)16(10-6-7-10)9-8-13(17)15-12-5-3-2-4-11(12)14/h2-5,10H,6-9H2,1H3,(H,15,17). The second-order valence-corrected chi connectivity index (χ2v) is 7.23. The van der Waals surface area contributed by atoms with E-state index in [2.05, 4.69) is 5.32 Å². The summed E-state index contributed by atoms with van der Waals surface area (Å²) >= 11 is 5.94. The van der Waals surface area contributed by atoms with Gasteiger partial charge in [0, 0.05) is 19.0 Å². The molecule has 0 atom stereocenters. The van der Waals surface area contributed by atoms with Crippen molar-refractivity contribution in [2.75, 3.05) is 18.1 Å². The van der Waals surface area contributed by atoms with Crippen LogP contribution in [-0.2, 0) is 14.8 Å². The first-order valence-electron chi connectivity index (χ1n) is 6.39. The van der Waals surface area contributed by atoms with Gasteiger partial charge in [0.05, 0.1) is 17.0 Å². The van der Waals surface area contributed by atoms with Crippen molar-refractivity contribution >= 4 is 33.2 Å². The molecular formula is C13H17ClN2O3S. The fourth-order valence-electron chi connectivity index (χ4n) is 1.97. The van der Waals surface area contributed by atoms with E-state index in [0.29, 0.717) is 10.7 Å². The van der Waals surface area contributed by atoms with Gasteiger partial charge in [-0.05, 0) is 25.0 Å². The number of anilines is 1. The van der Waals surface area contributed by atoms with Gasteiger partial charge in [0.15, 0.2) is 0 Å². The van der Waals surface area contributed by atoms with Crippen LogP contribution in [0.2, 0.25) is 5.02 Å². The summed E-state index contributed by atoms with van der Waals surface area (Å²) in [6.07, 6.45) is 3.05. The van der Waals surface area contributed by atoms with E-state index in [1.165, 1.54) is 10.6 Å². The summed E-state index contributed by atoms with van der Waals surface area (Å²) in [5.74, 6) is -0.243. The SMILES string of the molecule is CS(=O)(=O)N(CCC(=O)Nc1ccccc1Cl)C1CC1. The molecule has 1 aromatic carbocycles. The summed E-state index contributed by atoms with van der Waals surface area (Å²) in [5.41, 5.74) is 0.538. The Labute approximate surface area is 124 Å². The molecule has 1 N–H and O–H groups in total. The Morgan fingerprint density at radius 3 is 2.60 bits per heavy atom. The van der Waals surface area contributed by atoms with E-state index in [9.17, 15) is 13.2 Å². The van der Waals surface area contributed by atoms with Gasteiger partial charge in [-0.15, -0.1) is 0 Å². The lowest BCUT2D eigenvalue weighted by Gasteiger charge is -2.19. The van der Waals surface area contributed by atoms with Crippen molar-refractivity contribution in [3.05, 3.63) is 29.3 Å². The molecule has 110 valence electrons. The largest absolute Gasteiger partial charge is 0.325 e. The van der Waals surface area contributed by atoms with Gasteiger partial charge in [0.25, 0.3) is 0 Å². The zero-order valence-electron chi connectivity index (χ0n) is 11.2. The number of rotatable bonds is 6. The van der Waals surface area contributed by atoms with Crippen molar-refractivity contribution in [2.45, 2.75) is 25.3 Å². The lowest BCUT2D eigenvalue weighted by atomic mass is 10.3. The third-order valence-corrected chi connectivity index (χ3v) is 4.75. The van der Waals surface area contributed by atoms with Crippen molar-refractivity contribution in [1.82, 2.24) is 4.31 Å². The second-order valence-electron chi connectivity index (χ2n) is 4.88. The molecule has 1 amide bonds. The Hall–Kier alpha value is -1.11. The molecule has 0 heterocycles. The van der Waals surface area contributed by atoms with Gasteiger partial charge in [-0.25, -0.2) is 8.42 Å². The Bertz CT molecular complexity index is 599. The van der Waals surface area contributed by atoms with Crippen LogP contribution in [0.5, 0.6) is 0 Å². The average molecular weight is 317 g/mol. The van der Waals surface area contributed by atoms with E-state index in [0.717, 1.165) is 12.8 Å². The molecule has 1 aliphatic rings. The van der Waals surface area contributed by atoms with Crippen LogP contribution >= 0.6 is 11.6 Å². The van der Waals surface area contributed by atoms with Crippen molar-refractivity contribution in [3.8, 4) is 0 Å². The quantitative estimate of drug-likeness (QED) is 0.874. The van der Waals surface area contributed by atoms with Crippen LogP contribution in [0.4, 0.5) is 5.69 Å². The number of hydrogen-bond donors (Lipinski definition) is 1. The molecule has 0 spiro atoms. The Morgan fingerprint density at radius 1 is 1.40 bits per heavy atom. The number of carbonyl (C=O) groups excluding carboxylic acids is 1. The lowest BCUT2D eigenvalue weighted by molar-refractivity contribution is -0.116. The highest BCUT2D eigenvalue weighted by molar-refractivity contribution is 7.88. The first-order chi connectivity index (χ1) is 9.38. The number of nitrogens with one attached hydrogen (secondary N) is 1. The number of amides is 1. The molecule has 7 heteroatoms. The van der Waals surface area contributed by atoms with Crippen molar-refractivity contribution in [3.63, 3.8) is 0 Å². The maximum Gasteiger partial charge on any atom is 0.225 e. The van der Waals surface area contributed by atoms with Crippen molar-refractivity contribution < 1.29 is 13.2 Å². The third kappa shape index (κ3) is 4.19. The second kappa shape index (κ2) is 6.11. The molecule has 20 heavy (non-hydrogen) atoms. The van der Waals surface area contributed by atoms with Crippen LogP contribution < -0.4 is 5.32 Å². The van der Waals surface area contributed by atoms with E-state index in [4.69, 9.17) is 11.6 Å². The zero-order chi connectivity index (χ0) is 14.8. The van der Waals surface area contributed by atoms with Gasteiger partial charge in [-0.3, -0.25) is 4.79 Å². The lowest BCUT2D eigenvalue weighted by Crippen LogP contribution is -2.34. The molecule has 1 saturated carbocycles. The topological polar surface area (TPSA) is 66.5 Å². The van der Waals surface area contributed by atoms with E-state index < -0.39 is 10.0 Å². The molecule has 2 rings (SSSR count). The Kier molecular flexibility index (Phi) is 4.67. The molecule has 1 aromatic rings. The van der Waals surface area contributed by atoms with Gasteiger partial charge in [0.1, 0.15) is 0 Å². The monoisotopic (exact) mass is 316 g/mol. The van der Waals surface area contributed by atoms with Gasteiger partial charge in [-0.1, -0.05) is 23.7 Å². The van der Waals surface area contributed by atoms with Gasteiger partial charge >= 0.3 is 0 Å². The fraction of sp³-hybridized carbons (Fsp3) is 0.462. The maximum atomic E-state index is 11.8. The minimum absolute atomic E-state index is 0.0677. The predicted molar refractivity (Wildman–Crippen MR) is 79.3 cm³/mol. The molecular weight excluding hydrogens is 300 g/mol. The van der Waals surface area contributed by atoms with E-state index in [1.54, 1.807) is 24.3 Å². The number of benzene rings is 1. The van der Waals surface area contributed by atoms with E-state index in [1.807, 2.05) is 0 Å². The molecule has 0 bridgehead atoms. The van der Waals surface area contributed by atoms with Crippen molar-refractivity contribution in [2.24, 2.45) is 0 Å². The maximum absolute atomic E-state index is 11.8. The number of para-hydroxylation sites is 1. The molecule has 0 radical (unpaired) electrons. The van der Waals surface area contributed by atoms with Crippen LogP contribution in [0, 0.1) is 0 Å². The zero-order valence-corrected chi connectivity index (χ0v) is 12.7. The molecule has 5 nitrogen and oxygen atoms in total. The van der Waals surface area contributed by atoms with Crippen LogP contribution in [0.25, 0.3) is 0 Å². The normalized spacial score (nSPS) is 15.3. The summed E-state index contributed by atoms with van der Waals surface area (Å²) in [6.45, 7) is 0.208. The van der Waals surface area contributed by atoms with E-state index >= 15 is 0 Å². The van der Waals surface area contributed by atoms with Crippen LogP contribution in [0.1, 0.15) is 19.3 Å². The highest BCUT2D eigenvalue weighted by atomic mass is 35.5. The third-order valence-electron chi connectivity index (χ3n) is 3.09. The molecule has 0 aromatic heterocycles. The Morgan fingerprint density at radius 2 is 2.05 bits per heavy atom.